The minimum absolute atomic E-state index is 0.108. The fraction of sp³-hybridized carbons (Fsp3) is 0.167. The molecule has 2 aromatic carbocycles. The van der Waals surface area contributed by atoms with Gasteiger partial charge in [0.15, 0.2) is 6.61 Å². The number of benzene rings is 2. The number of anilines is 1. The van der Waals surface area contributed by atoms with Gasteiger partial charge in [-0.25, -0.2) is 14.0 Å². The van der Waals surface area contributed by atoms with Crippen LogP contribution in [-0.4, -0.2) is 31.6 Å². The molecule has 25 heavy (non-hydrogen) atoms. The number of aryl methyl sites for hydroxylation is 1. The smallest absolute Gasteiger partial charge is 0.338 e. The number of hydrogen-bond donors (Lipinski definition) is 1. The highest BCUT2D eigenvalue weighted by Crippen LogP contribution is 2.13. The van der Waals surface area contributed by atoms with Gasteiger partial charge >= 0.3 is 11.9 Å². The topological polar surface area (TPSA) is 81.7 Å². The molecule has 0 aliphatic heterocycles. The number of halogens is 1. The summed E-state index contributed by atoms with van der Waals surface area (Å²) < 4.78 is 22.9. The third-order valence-electron chi connectivity index (χ3n) is 3.31. The molecule has 6 nitrogen and oxygen atoms in total. The van der Waals surface area contributed by atoms with Gasteiger partial charge in [0, 0.05) is 5.69 Å². The van der Waals surface area contributed by atoms with Crippen LogP contribution in [0.25, 0.3) is 0 Å². The molecule has 0 saturated heterocycles. The molecule has 0 unspecified atom stereocenters. The number of hydrogen-bond acceptors (Lipinski definition) is 5. The van der Waals surface area contributed by atoms with Crippen LogP contribution in [0.3, 0.4) is 0 Å². The molecule has 7 heteroatoms. The second-order valence-corrected chi connectivity index (χ2v) is 5.16. The van der Waals surface area contributed by atoms with Crippen LogP contribution in [0.5, 0.6) is 0 Å². The second kappa shape index (κ2) is 8.05. The molecule has 0 fully saturated rings. The molecule has 0 aromatic heterocycles. The Labute approximate surface area is 143 Å². The van der Waals surface area contributed by atoms with Gasteiger partial charge in [-0.3, -0.25) is 4.79 Å². The number of carbonyl (C=O) groups is 3. The van der Waals surface area contributed by atoms with Crippen LogP contribution < -0.4 is 5.32 Å². The van der Waals surface area contributed by atoms with Gasteiger partial charge in [0.2, 0.25) is 0 Å². The molecule has 0 bridgehead atoms. The lowest BCUT2D eigenvalue weighted by molar-refractivity contribution is -0.119. The van der Waals surface area contributed by atoms with E-state index in [1.807, 2.05) is 0 Å². The van der Waals surface area contributed by atoms with Gasteiger partial charge < -0.3 is 14.8 Å². The highest BCUT2D eigenvalue weighted by Gasteiger charge is 2.13. The van der Waals surface area contributed by atoms with Crippen molar-refractivity contribution >= 4 is 23.5 Å². The van der Waals surface area contributed by atoms with Crippen molar-refractivity contribution in [2.75, 3.05) is 19.0 Å². The van der Waals surface area contributed by atoms with Crippen molar-refractivity contribution in [3.8, 4) is 0 Å². The van der Waals surface area contributed by atoms with E-state index in [4.69, 9.17) is 4.74 Å². The summed E-state index contributed by atoms with van der Waals surface area (Å²) in [6, 6.07) is 9.98. The molecule has 130 valence electrons. The monoisotopic (exact) mass is 345 g/mol. The van der Waals surface area contributed by atoms with Crippen LogP contribution in [0.2, 0.25) is 0 Å². The highest BCUT2D eigenvalue weighted by atomic mass is 19.1. The lowest BCUT2D eigenvalue weighted by atomic mass is 10.1. The molecule has 0 aliphatic carbocycles. The first-order valence-corrected chi connectivity index (χ1v) is 7.32. The first-order chi connectivity index (χ1) is 11.9. The van der Waals surface area contributed by atoms with Crippen LogP contribution in [0.15, 0.2) is 42.5 Å². The van der Waals surface area contributed by atoms with Crippen molar-refractivity contribution in [3.63, 3.8) is 0 Å². The van der Waals surface area contributed by atoms with Crippen molar-refractivity contribution in [1.29, 1.82) is 0 Å². The number of amides is 1. The third-order valence-corrected chi connectivity index (χ3v) is 3.31. The Morgan fingerprint density at radius 2 is 1.72 bits per heavy atom. The summed E-state index contributed by atoms with van der Waals surface area (Å²) >= 11 is 0. The normalized spacial score (nSPS) is 10.0. The number of ether oxygens (including phenoxy) is 2. The zero-order valence-electron chi connectivity index (χ0n) is 13.7. The summed E-state index contributed by atoms with van der Waals surface area (Å²) in [6.07, 6.45) is 0. The predicted molar refractivity (Wildman–Crippen MR) is 87.8 cm³/mol. The molecular formula is C18H16FNO5. The van der Waals surface area contributed by atoms with E-state index >= 15 is 0 Å². The van der Waals surface area contributed by atoms with Gasteiger partial charge in [0.25, 0.3) is 5.91 Å². The van der Waals surface area contributed by atoms with E-state index in [-0.39, 0.29) is 16.8 Å². The lowest BCUT2D eigenvalue weighted by Crippen LogP contribution is -2.21. The Hall–Kier alpha value is -3.22. The Bertz CT molecular complexity index is 819. The average Bonchev–Trinajstić information content (AvgIpc) is 2.62. The maximum Gasteiger partial charge on any atom is 0.338 e. The Morgan fingerprint density at radius 1 is 1.04 bits per heavy atom. The zero-order chi connectivity index (χ0) is 18.4. The predicted octanol–water partition coefficient (Wildman–Crippen LogP) is 2.72. The molecule has 0 atom stereocenters. The first-order valence-electron chi connectivity index (χ1n) is 7.32. The number of nitrogens with one attached hydrogen (secondary N) is 1. The average molecular weight is 345 g/mol. The summed E-state index contributed by atoms with van der Waals surface area (Å²) in [5, 5.41) is 2.43. The van der Waals surface area contributed by atoms with E-state index in [1.54, 1.807) is 6.92 Å². The molecule has 0 radical (unpaired) electrons. The molecule has 2 rings (SSSR count). The second-order valence-electron chi connectivity index (χ2n) is 5.16. The van der Waals surface area contributed by atoms with E-state index in [1.165, 1.54) is 49.6 Å². The largest absolute Gasteiger partial charge is 0.465 e. The molecule has 2 aromatic rings. The van der Waals surface area contributed by atoms with Crippen LogP contribution >= 0.6 is 0 Å². The van der Waals surface area contributed by atoms with Crippen LogP contribution in [0.4, 0.5) is 10.1 Å². The fourth-order valence-electron chi connectivity index (χ4n) is 1.97. The van der Waals surface area contributed by atoms with Crippen LogP contribution in [0.1, 0.15) is 26.3 Å². The summed E-state index contributed by atoms with van der Waals surface area (Å²) in [7, 11) is 1.23. The van der Waals surface area contributed by atoms with Gasteiger partial charge in [-0.2, -0.15) is 0 Å². The van der Waals surface area contributed by atoms with Gasteiger partial charge in [0.1, 0.15) is 5.82 Å². The molecule has 0 heterocycles. The molecule has 0 aliphatic rings. The minimum atomic E-state index is -0.768. The van der Waals surface area contributed by atoms with Crippen molar-refractivity contribution < 1.29 is 28.2 Å². The summed E-state index contributed by atoms with van der Waals surface area (Å²) in [4.78, 5) is 35.2. The lowest BCUT2D eigenvalue weighted by Gasteiger charge is -2.08. The van der Waals surface area contributed by atoms with E-state index in [9.17, 15) is 18.8 Å². The quantitative estimate of drug-likeness (QED) is 0.843. The summed E-state index contributed by atoms with van der Waals surface area (Å²) in [5.74, 6) is -2.42. The minimum Gasteiger partial charge on any atom is -0.465 e. The zero-order valence-corrected chi connectivity index (χ0v) is 13.7. The number of methoxy groups -OCH3 is 1. The van der Waals surface area contributed by atoms with Crippen molar-refractivity contribution in [3.05, 3.63) is 65.0 Å². The maximum atomic E-state index is 13.4. The number of esters is 2. The molecular weight excluding hydrogens is 329 g/mol. The van der Waals surface area contributed by atoms with Crippen molar-refractivity contribution in [2.24, 2.45) is 0 Å². The SMILES string of the molecule is COC(=O)c1cccc(C(=O)OCC(=O)Nc2ccc(C)c(F)c2)c1. The van der Waals surface area contributed by atoms with Gasteiger partial charge in [-0.15, -0.1) is 0 Å². The summed E-state index contributed by atoms with van der Waals surface area (Å²) in [5.41, 5.74) is 1.01. The molecule has 1 N–H and O–H groups in total. The van der Waals surface area contributed by atoms with Crippen LogP contribution in [-0.2, 0) is 14.3 Å². The van der Waals surface area contributed by atoms with Crippen molar-refractivity contribution in [2.45, 2.75) is 6.92 Å². The van der Waals surface area contributed by atoms with E-state index in [2.05, 4.69) is 10.1 Å². The molecule has 1 amide bonds. The molecule has 0 spiro atoms. The van der Waals surface area contributed by atoms with E-state index in [0.29, 0.717) is 5.56 Å². The van der Waals surface area contributed by atoms with E-state index in [0.717, 1.165) is 0 Å². The fourth-order valence-corrected chi connectivity index (χ4v) is 1.97. The maximum absolute atomic E-state index is 13.4. The van der Waals surface area contributed by atoms with Gasteiger partial charge in [-0.05, 0) is 42.8 Å². The Kier molecular flexibility index (Phi) is 5.84. The highest BCUT2D eigenvalue weighted by molar-refractivity contribution is 5.97. The summed E-state index contributed by atoms with van der Waals surface area (Å²) in [6.45, 7) is 1.06. The van der Waals surface area contributed by atoms with E-state index < -0.39 is 30.3 Å². The Morgan fingerprint density at radius 3 is 2.36 bits per heavy atom. The standard InChI is InChI=1S/C18H16FNO5/c1-11-6-7-14(9-15(11)19)20-16(21)10-25-18(23)13-5-3-4-12(8-13)17(22)24-2/h3-9H,10H2,1-2H3,(H,20,21). The van der Waals surface area contributed by atoms with Gasteiger partial charge in [-0.1, -0.05) is 12.1 Å². The van der Waals surface area contributed by atoms with Crippen molar-refractivity contribution in [1.82, 2.24) is 0 Å². The first kappa shape index (κ1) is 18.1. The number of carbonyl (C=O) groups excluding carboxylic acids is 3. The Balaban J connectivity index is 1.94. The van der Waals surface area contributed by atoms with Gasteiger partial charge in [0.05, 0.1) is 18.2 Å². The number of rotatable bonds is 5. The molecule has 0 saturated carbocycles. The van der Waals surface area contributed by atoms with Crippen LogP contribution in [0, 0.1) is 12.7 Å². The third kappa shape index (κ3) is 4.87.